The number of nitrogens with one attached hydrogen (secondary N) is 1. The van der Waals surface area contributed by atoms with E-state index >= 15 is 0 Å². The van der Waals surface area contributed by atoms with Gasteiger partial charge in [-0.15, -0.1) is 0 Å². The maximum Gasteiger partial charge on any atom is 0.219 e. The molecule has 0 bridgehead atoms. The molecule has 0 saturated carbocycles. The summed E-state index contributed by atoms with van der Waals surface area (Å²) in [4.78, 5) is 3.15. The van der Waals surface area contributed by atoms with Crippen molar-refractivity contribution in [1.29, 1.82) is 0 Å². The highest BCUT2D eigenvalue weighted by Crippen LogP contribution is 2.59. The number of aliphatic hydroxyl groups is 2. The average molecular weight is 516 g/mol. The van der Waals surface area contributed by atoms with E-state index in [1.165, 1.54) is 15.9 Å². The van der Waals surface area contributed by atoms with Crippen molar-refractivity contribution in [1.82, 2.24) is 0 Å². The Kier molecular flexibility index (Phi) is 10.1. The first-order valence-electron chi connectivity index (χ1n) is 10.6. The number of pyridine rings is 1. The molecule has 178 valence electrons. The Balaban J connectivity index is 0.00000204. The first-order valence-corrected chi connectivity index (χ1v) is 12.6. The van der Waals surface area contributed by atoms with Gasteiger partial charge in [0, 0.05) is 12.5 Å². The molecule has 0 aliphatic heterocycles. The minimum atomic E-state index is -2.24. The molecule has 1 heterocycles. The molecule has 0 atom stereocenters. The molecule has 7 heteroatoms. The standard InChI is InChI=1S/C27H26NO3P.2ClH/c1-20-27(31)24(17-29)25(26(18-30)28-20)19-32(21-11-5-2-6-12-21,22-13-7-3-8-14-22)23-15-9-4-10-16-23;;/h2-16,29-30H,17-19H2,1H3;2*1H. The SMILES string of the molecule is Cc1[nH+]c(CO)c(C[P+](c2ccccc2)(c2ccccc2)c2ccccc2)c(CO)c1O.[Cl-].[Cl-]. The number of aryl methyl sites for hydroxylation is 1. The van der Waals surface area contributed by atoms with Crippen LogP contribution in [0.4, 0.5) is 0 Å². The smallest absolute Gasteiger partial charge is 0.219 e. The molecule has 0 unspecified atom stereocenters. The molecule has 0 spiro atoms. The summed E-state index contributed by atoms with van der Waals surface area (Å²) in [7, 11) is -2.24. The van der Waals surface area contributed by atoms with Gasteiger partial charge in [-0.3, -0.25) is 0 Å². The second-order valence-corrected chi connectivity index (χ2v) is 11.3. The number of rotatable bonds is 7. The lowest BCUT2D eigenvalue weighted by Crippen LogP contribution is -3.00. The van der Waals surface area contributed by atoms with Gasteiger partial charge in [-0.1, -0.05) is 54.6 Å². The van der Waals surface area contributed by atoms with Gasteiger partial charge >= 0.3 is 0 Å². The van der Waals surface area contributed by atoms with Crippen LogP contribution in [0, 0.1) is 6.92 Å². The number of hydrogen-bond acceptors (Lipinski definition) is 3. The van der Waals surface area contributed by atoms with Crippen LogP contribution in [0.5, 0.6) is 5.75 Å². The minimum absolute atomic E-state index is 0. The highest BCUT2D eigenvalue weighted by atomic mass is 35.5. The molecule has 4 N–H and O–H groups in total. The summed E-state index contributed by atoms with van der Waals surface area (Å²) in [6.45, 7) is 1.23. The van der Waals surface area contributed by atoms with E-state index in [9.17, 15) is 15.3 Å². The lowest BCUT2D eigenvalue weighted by atomic mass is 10.1. The van der Waals surface area contributed by atoms with Crippen LogP contribution in [-0.2, 0) is 19.4 Å². The van der Waals surface area contributed by atoms with Crippen LogP contribution in [0.15, 0.2) is 91.0 Å². The minimum Gasteiger partial charge on any atom is -1.00 e. The molecule has 34 heavy (non-hydrogen) atoms. The highest BCUT2D eigenvalue weighted by molar-refractivity contribution is 7.95. The Labute approximate surface area is 213 Å². The fourth-order valence-electron chi connectivity index (χ4n) is 4.41. The second kappa shape index (κ2) is 12.3. The zero-order chi connectivity index (χ0) is 22.6. The Bertz CT molecular complexity index is 1100. The van der Waals surface area contributed by atoms with Crippen molar-refractivity contribution in [2.75, 3.05) is 0 Å². The van der Waals surface area contributed by atoms with Gasteiger partial charge < -0.3 is 40.1 Å². The normalized spacial score (nSPS) is 10.8. The third-order valence-corrected chi connectivity index (χ3v) is 10.3. The van der Waals surface area contributed by atoms with Gasteiger partial charge in [0.2, 0.25) is 11.4 Å². The van der Waals surface area contributed by atoms with E-state index in [-0.39, 0.29) is 43.8 Å². The molecule has 4 rings (SSSR count). The number of H-pyrrole nitrogens is 1. The number of benzene rings is 3. The summed E-state index contributed by atoms with van der Waals surface area (Å²) in [5.74, 6) is 0.0481. The lowest BCUT2D eigenvalue weighted by molar-refractivity contribution is -0.406. The molecule has 0 saturated heterocycles. The molecule has 0 radical (unpaired) electrons. The van der Waals surface area contributed by atoms with Gasteiger partial charge in [-0.2, -0.15) is 0 Å². The van der Waals surface area contributed by atoms with Crippen LogP contribution in [0.3, 0.4) is 0 Å². The summed E-state index contributed by atoms with van der Waals surface area (Å²) in [6.07, 6.45) is 0.557. The summed E-state index contributed by atoms with van der Waals surface area (Å²) in [5, 5.41) is 34.7. The first kappa shape index (κ1) is 27.8. The van der Waals surface area contributed by atoms with E-state index < -0.39 is 7.26 Å². The zero-order valence-electron chi connectivity index (χ0n) is 18.8. The van der Waals surface area contributed by atoms with Crippen molar-refractivity contribution in [2.45, 2.75) is 26.3 Å². The number of hydrogen-bond donors (Lipinski definition) is 3. The number of aromatic hydroxyl groups is 1. The second-order valence-electron chi connectivity index (χ2n) is 7.83. The monoisotopic (exact) mass is 515 g/mol. The molecule has 0 fully saturated rings. The number of halogens is 2. The topological polar surface area (TPSA) is 74.8 Å². The Morgan fingerprint density at radius 3 is 1.41 bits per heavy atom. The summed E-state index contributed by atoms with van der Waals surface area (Å²) in [5.41, 5.74) is 2.39. The van der Waals surface area contributed by atoms with Gasteiger partial charge in [-0.05, 0) is 36.4 Å². The highest BCUT2D eigenvalue weighted by Gasteiger charge is 2.47. The van der Waals surface area contributed by atoms with Gasteiger partial charge in [0.1, 0.15) is 35.9 Å². The third kappa shape index (κ3) is 5.12. The molecule has 4 nitrogen and oxygen atoms in total. The maximum absolute atomic E-state index is 10.7. The van der Waals surface area contributed by atoms with Crippen molar-refractivity contribution < 1.29 is 45.1 Å². The van der Waals surface area contributed by atoms with E-state index in [1.54, 1.807) is 6.92 Å². The molecule has 3 aromatic carbocycles. The third-order valence-electron chi connectivity index (χ3n) is 6.01. The summed E-state index contributed by atoms with van der Waals surface area (Å²) >= 11 is 0. The fourth-order valence-corrected chi connectivity index (χ4v) is 8.76. The van der Waals surface area contributed by atoms with Crippen molar-refractivity contribution in [3.05, 3.63) is 114 Å². The van der Waals surface area contributed by atoms with Crippen LogP contribution in [-0.4, -0.2) is 15.3 Å². The number of aliphatic hydroxyl groups excluding tert-OH is 2. The van der Waals surface area contributed by atoms with Crippen molar-refractivity contribution in [2.24, 2.45) is 0 Å². The Hall–Kier alpha value is -2.46. The van der Waals surface area contributed by atoms with Crippen molar-refractivity contribution in [3.63, 3.8) is 0 Å². The van der Waals surface area contributed by atoms with Crippen LogP contribution in [0.1, 0.15) is 22.5 Å². The van der Waals surface area contributed by atoms with Gasteiger partial charge in [-0.25, -0.2) is 4.98 Å². The van der Waals surface area contributed by atoms with E-state index in [1.807, 2.05) is 18.2 Å². The first-order chi connectivity index (χ1) is 15.6. The Morgan fingerprint density at radius 1 is 0.647 bits per heavy atom. The maximum atomic E-state index is 10.7. The van der Waals surface area contributed by atoms with Crippen LogP contribution in [0.25, 0.3) is 0 Å². The van der Waals surface area contributed by atoms with E-state index in [4.69, 9.17) is 0 Å². The predicted molar refractivity (Wildman–Crippen MR) is 130 cm³/mol. The van der Waals surface area contributed by atoms with Crippen molar-refractivity contribution in [3.8, 4) is 5.75 Å². The lowest BCUT2D eigenvalue weighted by Gasteiger charge is -2.28. The predicted octanol–water partition coefficient (Wildman–Crippen LogP) is -3.00. The molecule has 1 aromatic heterocycles. The number of aromatic amines is 1. The Morgan fingerprint density at radius 2 is 1.06 bits per heavy atom. The quantitative estimate of drug-likeness (QED) is 0.230. The summed E-state index contributed by atoms with van der Waals surface area (Å²) in [6, 6.07) is 31.3. The van der Waals surface area contributed by atoms with Crippen LogP contribution >= 0.6 is 7.26 Å². The average Bonchev–Trinajstić information content (AvgIpc) is 2.86. The molecule has 0 aliphatic carbocycles. The van der Waals surface area contributed by atoms with Crippen LogP contribution < -0.4 is 45.7 Å². The van der Waals surface area contributed by atoms with Gasteiger partial charge in [0.05, 0.1) is 12.2 Å². The van der Waals surface area contributed by atoms with E-state index in [2.05, 4.69) is 77.8 Å². The molecular weight excluding hydrogens is 488 g/mol. The zero-order valence-corrected chi connectivity index (χ0v) is 21.2. The van der Waals surface area contributed by atoms with E-state index in [0.717, 1.165) is 5.56 Å². The summed E-state index contributed by atoms with van der Waals surface area (Å²) < 4.78 is 0. The van der Waals surface area contributed by atoms with Gasteiger partial charge in [0.15, 0.2) is 5.75 Å². The number of aromatic nitrogens is 1. The van der Waals surface area contributed by atoms with Crippen molar-refractivity contribution >= 4 is 23.2 Å². The molecule has 0 amide bonds. The van der Waals surface area contributed by atoms with Gasteiger partial charge in [0.25, 0.3) is 0 Å². The molecular formula is C27H28Cl2NO3P. The largest absolute Gasteiger partial charge is 1.00 e. The molecule has 0 aliphatic rings. The van der Waals surface area contributed by atoms with Crippen LogP contribution in [0.2, 0.25) is 0 Å². The molecule has 4 aromatic rings. The van der Waals surface area contributed by atoms with E-state index in [0.29, 0.717) is 23.1 Å². The fraction of sp³-hybridized carbons (Fsp3) is 0.148.